The maximum atomic E-state index is 3.83. The maximum absolute atomic E-state index is 3.83. The van der Waals surface area contributed by atoms with Gasteiger partial charge < -0.3 is 5.32 Å². The van der Waals surface area contributed by atoms with Crippen molar-refractivity contribution in [2.24, 2.45) is 5.41 Å². The van der Waals surface area contributed by atoms with Gasteiger partial charge in [-0.15, -0.1) is 13.2 Å². The highest BCUT2D eigenvalue weighted by Crippen LogP contribution is 2.32. The van der Waals surface area contributed by atoms with Crippen molar-refractivity contribution >= 4 is 0 Å². The van der Waals surface area contributed by atoms with E-state index < -0.39 is 0 Å². The Balaban J connectivity index is 4.35. The number of hydrogen-bond donors (Lipinski definition) is 1. The SMILES string of the molecule is C=CCC(CC=C)(CCC)CNC. The Morgan fingerprint density at radius 2 is 1.77 bits per heavy atom. The van der Waals surface area contributed by atoms with E-state index in [1.807, 2.05) is 19.2 Å². The highest BCUT2D eigenvalue weighted by atomic mass is 14.8. The first-order valence-electron chi connectivity index (χ1n) is 5.11. The zero-order chi connectivity index (χ0) is 10.2. The van der Waals surface area contributed by atoms with Crippen LogP contribution in [0.3, 0.4) is 0 Å². The average Bonchev–Trinajstić information content (AvgIpc) is 2.06. The summed E-state index contributed by atoms with van der Waals surface area (Å²) in [5, 5.41) is 3.27. The second-order valence-electron chi connectivity index (χ2n) is 3.77. The van der Waals surface area contributed by atoms with Gasteiger partial charge in [-0.3, -0.25) is 0 Å². The average molecular weight is 181 g/mol. The Kier molecular flexibility index (Phi) is 6.61. The first-order chi connectivity index (χ1) is 6.24. The lowest BCUT2D eigenvalue weighted by Crippen LogP contribution is -2.31. The summed E-state index contributed by atoms with van der Waals surface area (Å²) in [6.45, 7) is 10.9. The molecule has 0 aliphatic rings. The molecule has 0 unspecified atom stereocenters. The minimum atomic E-state index is 0.354. The van der Waals surface area contributed by atoms with E-state index in [1.54, 1.807) is 0 Å². The largest absolute Gasteiger partial charge is 0.319 e. The van der Waals surface area contributed by atoms with Crippen molar-refractivity contribution in [2.75, 3.05) is 13.6 Å². The molecule has 0 bridgehead atoms. The Labute approximate surface area is 82.9 Å². The Hall–Kier alpha value is -0.560. The van der Waals surface area contributed by atoms with Gasteiger partial charge in [0, 0.05) is 6.54 Å². The summed E-state index contributed by atoms with van der Waals surface area (Å²) in [7, 11) is 2.01. The Morgan fingerprint density at radius 1 is 1.23 bits per heavy atom. The molecule has 76 valence electrons. The van der Waals surface area contributed by atoms with E-state index in [9.17, 15) is 0 Å². The summed E-state index contributed by atoms with van der Waals surface area (Å²) in [5.41, 5.74) is 0.354. The highest BCUT2D eigenvalue weighted by Gasteiger charge is 2.25. The topological polar surface area (TPSA) is 12.0 Å². The molecule has 1 N–H and O–H groups in total. The predicted octanol–water partition coefficient (Wildman–Crippen LogP) is 3.14. The van der Waals surface area contributed by atoms with Crippen LogP contribution in [-0.2, 0) is 0 Å². The molecule has 0 aromatic heterocycles. The van der Waals surface area contributed by atoms with Gasteiger partial charge >= 0.3 is 0 Å². The standard InChI is InChI=1S/C12H23N/c1-5-8-12(9-6-2,10-7-3)11-13-4/h5-6,13H,1-2,7-11H2,3-4H3. The van der Waals surface area contributed by atoms with Crippen LogP contribution in [0.4, 0.5) is 0 Å². The summed E-state index contributed by atoms with van der Waals surface area (Å²) in [6, 6.07) is 0. The van der Waals surface area contributed by atoms with E-state index in [1.165, 1.54) is 12.8 Å². The van der Waals surface area contributed by atoms with Gasteiger partial charge in [0.05, 0.1) is 0 Å². The van der Waals surface area contributed by atoms with Crippen molar-refractivity contribution in [1.29, 1.82) is 0 Å². The van der Waals surface area contributed by atoms with E-state index in [-0.39, 0.29) is 0 Å². The molecule has 0 aliphatic carbocycles. The third-order valence-corrected chi connectivity index (χ3v) is 2.49. The zero-order valence-electron chi connectivity index (χ0n) is 9.10. The van der Waals surface area contributed by atoms with Gasteiger partial charge in [0.15, 0.2) is 0 Å². The first kappa shape index (κ1) is 12.4. The molecule has 0 spiro atoms. The summed E-state index contributed by atoms with van der Waals surface area (Å²) in [4.78, 5) is 0. The van der Waals surface area contributed by atoms with E-state index in [0.717, 1.165) is 19.4 Å². The van der Waals surface area contributed by atoms with E-state index in [4.69, 9.17) is 0 Å². The smallest absolute Gasteiger partial charge is 0.00107 e. The molecule has 0 radical (unpaired) electrons. The molecule has 0 saturated carbocycles. The van der Waals surface area contributed by atoms with Crippen molar-refractivity contribution < 1.29 is 0 Å². The Bertz CT molecular complexity index is 131. The molecular formula is C12H23N. The maximum Gasteiger partial charge on any atom is 0.00107 e. The Morgan fingerprint density at radius 3 is 2.08 bits per heavy atom. The normalized spacial score (nSPS) is 11.2. The summed E-state index contributed by atoms with van der Waals surface area (Å²) in [5.74, 6) is 0. The summed E-state index contributed by atoms with van der Waals surface area (Å²) >= 11 is 0. The molecule has 0 saturated heterocycles. The van der Waals surface area contributed by atoms with Crippen LogP contribution in [-0.4, -0.2) is 13.6 Å². The lowest BCUT2D eigenvalue weighted by atomic mass is 9.77. The molecule has 0 aromatic rings. The van der Waals surface area contributed by atoms with Crippen LogP contribution in [0, 0.1) is 5.41 Å². The third-order valence-electron chi connectivity index (χ3n) is 2.49. The predicted molar refractivity (Wildman–Crippen MR) is 60.9 cm³/mol. The van der Waals surface area contributed by atoms with E-state index in [2.05, 4.69) is 25.4 Å². The minimum absolute atomic E-state index is 0.354. The van der Waals surface area contributed by atoms with Crippen LogP contribution in [0.25, 0.3) is 0 Å². The molecule has 13 heavy (non-hydrogen) atoms. The minimum Gasteiger partial charge on any atom is -0.319 e. The summed E-state index contributed by atoms with van der Waals surface area (Å²) in [6.07, 6.45) is 8.67. The van der Waals surface area contributed by atoms with Crippen LogP contribution in [0.15, 0.2) is 25.3 Å². The second-order valence-corrected chi connectivity index (χ2v) is 3.77. The number of allylic oxidation sites excluding steroid dienone is 2. The van der Waals surface area contributed by atoms with Crippen LogP contribution < -0.4 is 5.32 Å². The second kappa shape index (κ2) is 6.90. The molecule has 0 atom stereocenters. The number of hydrogen-bond acceptors (Lipinski definition) is 1. The van der Waals surface area contributed by atoms with Crippen LogP contribution >= 0.6 is 0 Å². The van der Waals surface area contributed by atoms with Gasteiger partial charge in [-0.2, -0.15) is 0 Å². The fourth-order valence-corrected chi connectivity index (χ4v) is 2.04. The molecule has 0 heterocycles. The van der Waals surface area contributed by atoms with Gasteiger partial charge in [0.25, 0.3) is 0 Å². The van der Waals surface area contributed by atoms with Crippen LogP contribution in [0.1, 0.15) is 32.6 Å². The number of rotatable bonds is 8. The molecule has 1 nitrogen and oxygen atoms in total. The molecule has 0 aromatic carbocycles. The highest BCUT2D eigenvalue weighted by molar-refractivity contribution is 4.92. The molecule has 0 fully saturated rings. The van der Waals surface area contributed by atoms with Gasteiger partial charge in [0.1, 0.15) is 0 Å². The molecular weight excluding hydrogens is 158 g/mol. The molecule has 1 heteroatoms. The van der Waals surface area contributed by atoms with Crippen molar-refractivity contribution in [3.63, 3.8) is 0 Å². The van der Waals surface area contributed by atoms with Gasteiger partial charge in [-0.05, 0) is 31.7 Å². The van der Waals surface area contributed by atoms with E-state index >= 15 is 0 Å². The van der Waals surface area contributed by atoms with Crippen molar-refractivity contribution in [2.45, 2.75) is 32.6 Å². The lowest BCUT2D eigenvalue weighted by Gasteiger charge is -2.31. The molecule has 0 aliphatic heterocycles. The quantitative estimate of drug-likeness (QED) is 0.567. The first-order valence-corrected chi connectivity index (χ1v) is 5.11. The van der Waals surface area contributed by atoms with Crippen molar-refractivity contribution in [3.05, 3.63) is 25.3 Å². The lowest BCUT2D eigenvalue weighted by molar-refractivity contribution is 0.258. The summed E-state index contributed by atoms with van der Waals surface area (Å²) < 4.78 is 0. The third kappa shape index (κ3) is 4.28. The van der Waals surface area contributed by atoms with Crippen molar-refractivity contribution in [1.82, 2.24) is 5.32 Å². The van der Waals surface area contributed by atoms with E-state index in [0.29, 0.717) is 5.41 Å². The van der Waals surface area contributed by atoms with Crippen LogP contribution in [0.5, 0.6) is 0 Å². The van der Waals surface area contributed by atoms with Crippen LogP contribution in [0.2, 0.25) is 0 Å². The fourth-order valence-electron chi connectivity index (χ4n) is 2.04. The molecule has 0 rings (SSSR count). The number of nitrogens with one attached hydrogen (secondary N) is 1. The van der Waals surface area contributed by atoms with Gasteiger partial charge in [-0.1, -0.05) is 25.5 Å². The van der Waals surface area contributed by atoms with Crippen molar-refractivity contribution in [3.8, 4) is 0 Å². The molecule has 0 amide bonds. The monoisotopic (exact) mass is 181 g/mol. The zero-order valence-corrected chi connectivity index (χ0v) is 9.10. The van der Waals surface area contributed by atoms with Gasteiger partial charge in [0.2, 0.25) is 0 Å². The fraction of sp³-hybridized carbons (Fsp3) is 0.667. The van der Waals surface area contributed by atoms with Gasteiger partial charge in [-0.25, -0.2) is 0 Å².